The number of aliphatic hydroxyl groups is 1. The summed E-state index contributed by atoms with van der Waals surface area (Å²) in [5.74, 6) is 0. The van der Waals surface area contributed by atoms with Gasteiger partial charge in [-0.15, -0.1) is 0 Å². The van der Waals surface area contributed by atoms with Crippen LogP contribution >= 0.6 is 0 Å². The molecule has 1 saturated carbocycles. The van der Waals surface area contributed by atoms with Crippen LogP contribution in [0.1, 0.15) is 31.2 Å². The third-order valence-corrected chi connectivity index (χ3v) is 3.78. The van der Waals surface area contributed by atoms with Crippen LogP contribution in [-0.4, -0.2) is 27.2 Å². The fraction of sp³-hybridized carbons (Fsp3) is 0.500. The fourth-order valence-corrected chi connectivity index (χ4v) is 2.63. The highest BCUT2D eigenvalue weighted by Gasteiger charge is 2.18. The predicted octanol–water partition coefficient (Wildman–Crippen LogP) is 1.96. The molecule has 2 aromatic rings. The number of aliphatic hydroxyl groups excluding tert-OH is 1. The van der Waals surface area contributed by atoms with Crippen LogP contribution in [0, 0.1) is 0 Å². The maximum Gasteiger partial charge on any atom is 0.0931 e. The zero-order valence-corrected chi connectivity index (χ0v) is 10.4. The van der Waals surface area contributed by atoms with Gasteiger partial charge in [0, 0.05) is 12.6 Å². The van der Waals surface area contributed by atoms with Crippen molar-refractivity contribution >= 4 is 11.0 Å². The smallest absolute Gasteiger partial charge is 0.0931 e. The zero-order chi connectivity index (χ0) is 12.4. The molecule has 0 spiro atoms. The molecule has 96 valence electrons. The Morgan fingerprint density at radius 3 is 2.94 bits per heavy atom. The summed E-state index contributed by atoms with van der Waals surface area (Å²) < 4.78 is 0. The standard InChI is InChI=1S/C14H19N3O/c18-12-4-2-11(3-5-12)15-8-10-1-6-13-14(7-10)17-9-16-13/h1,6-7,9,11-12,15,18H,2-5,8H2,(H,16,17). The predicted molar refractivity (Wildman–Crippen MR) is 71.2 cm³/mol. The number of hydrogen-bond donors (Lipinski definition) is 3. The summed E-state index contributed by atoms with van der Waals surface area (Å²) in [6, 6.07) is 6.86. The molecule has 0 radical (unpaired) electrons. The highest BCUT2D eigenvalue weighted by Crippen LogP contribution is 2.19. The van der Waals surface area contributed by atoms with Crippen molar-refractivity contribution < 1.29 is 5.11 Å². The van der Waals surface area contributed by atoms with Gasteiger partial charge in [-0.1, -0.05) is 6.07 Å². The first-order valence-electron chi connectivity index (χ1n) is 6.65. The topological polar surface area (TPSA) is 60.9 Å². The van der Waals surface area contributed by atoms with Gasteiger partial charge in [-0.2, -0.15) is 0 Å². The summed E-state index contributed by atoms with van der Waals surface area (Å²) in [6.07, 6.45) is 5.66. The molecule has 18 heavy (non-hydrogen) atoms. The summed E-state index contributed by atoms with van der Waals surface area (Å²) >= 11 is 0. The van der Waals surface area contributed by atoms with Gasteiger partial charge in [0.1, 0.15) is 0 Å². The lowest BCUT2D eigenvalue weighted by Gasteiger charge is -2.26. The molecule has 0 bridgehead atoms. The van der Waals surface area contributed by atoms with Crippen LogP contribution in [0.5, 0.6) is 0 Å². The van der Waals surface area contributed by atoms with E-state index in [-0.39, 0.29) is 6.10 Å². The van der Waals surface area contributed by atoms with Crippen molar-refractivity contribution in [1.29, 1.82) is 0 Å². The van der Waals surface area contributed by atoms with Crippen LogP contribution in [-0.2, 0) is 6.54 Å². The molecule has 3 N–H and O–H groups in total. The molecule has 1 aromatic carbocycles. The maximum atomic E-state index is 9.47. The number of fused-ring (bicyclic) bond motifs is 1. The van der Waals surface area contributed by atoms with E-state index in [0.29, 0.717) is 6.04 Å². The molecule has 1 heterocycles. The van der Waals surface area contributed by atoms with E-state index in [0.717, 1.165) is 43.3 Å². The van der Waals surface area contributed by atoms with Crippen molar-refractivity contribution in [3.63, 3.8) is 0 Å². The Morgan fingerprint density at radius 2 is 2.11 bits per heavy atom. The molecule has 1 aromatic heterocycles. The first-order valence-corrected chi connectivity index (χ1v) is 6.65. The SMILES string of the molecule is OC1CCC(NCc2ccc3nc[nH]c3c2)CC1. The van der Waals surface area contributed by atoms with Gasteiger partial charge in [0.25, 0.3) is 0 Å². The minimum atomic E-state index is -0.0793. The van der Waals surface area contributed by atoms with Crippen LogP contribution in [0.4, 0.5) is 0 Å². The monoisotopic (exact) mass is 245 g/mol. The second kappa shape index (κ2) is 5.08. The van der Waals surface area contributed by atoms with Gasteiger partial charge >= 0.3 is 0 Å². The molecule has 4 nitrogen and oxygen atoms in total. The Balaban J connectivity index is 1.59. The number of aromatic amines is 1. The third kappa shape index (κ3) is 2.54. The molecule has 0 aliphatic heterocycles. The summed E-state index contributed by atoms with van der Waals surface area (Å²) in [4.78, 5) is 7.35. The van der Waals surface area contributed by atoms with Gasteiger partial charge in [0.2, 0.25) is 0 Å². The van der Waals surface area contributed by atoms with Crippen LogP contribution < -0.4 is 5.32 Å². The van der Waals surface area contributed by atoms with Gasteiger partial charge in [-0.05, 0) is 43.4 Å². The first kappa shape index (κ1) is 11.7. The largest absolute Gasteiger partial charge is 0.393 e. The van der Waals surface area contributed by atoms with Crippen molar-refractivity contribution in [2.75, 3.05) is 0 Å². The molecular weight excluding hydrogens is 226 g/mol. The summed E-state index contributed by atoms with van der Waals surface area (Å²) in [5.41, 5.74) is 3.38. The van der Waals surface area contributed by atoms with Gasteiger partial charge in [0.05, 0.1) is 23.5 Å². The summed E-state index contributed by atoms with van der Waals surface area (Å²) in [5, 5.41) is 13.0. The normalized spacial score (nSPS) is 24.5. The zero-order valence-electron chi connectivity index (χ0n) is 10.4. The number of nitrogens with one attached hydrogen (secondary N) is 2. The number of nitrogens with zero attached hydrogens (tertiary/aromatic N) is 1. The minimum absolute atomic E-state index is 0.0793. The lowest BCUT2D eigenvalue weighted by atomic mass is 9.93. The highest BCUT2D eigenvalue weighted by molar-refractivity contribution is 5.74. The van der Waals surface area contributed by atoms with Gasteiger partial charge in [-0.25, -0.2) is 4.98 Å². The Morgan fingerprint density at radius 1 is 1.28 bits per heavy atom. The second-order valence-corrected chi connectivity index (χ2v) is 5.14. The molecule has 1 fully saturated rings. The number of imidazole rings is 1. The van der Waals surface area contributed by atoms with E-state index >= 15 is 0 Å². The van der Waals surface area contributed by atoms with Gasteiger partial charge in [-0.3, -0.25) is 0 Å². The van der Waals surface area contributed by atoms with E-state index in [1.807, 2.05) is 6.07 Å². The highest BCUT2D eigenvalue weighted by atomic mass is 16.3. The molecule has 0 amide bonds. The van der Waals surface area contributed by atoms with Crippen molar-refractivity contribution in [2.45, 2.75) is 44.4 Å². The van der Waals surface area contributed by atoms with E-state index in [4.69, 9.17) is 0 Å². The van der Waals surface area contributed by atoms with Crippen molar-refractivity contribution in [3.8, 4) is 0 Å². The fourth-order valence-electron chi connectivity index (χ4n) is 2.63. The summed E-state index contributed by atoms with van der Waals surface area (Å²) in [7, 11) is 0. The van der Waals surface area contributed by atoms with E-state index in [9.17, 15) is 5.11 Å². The molecule has 0 unspecified atom stereocenters. The number of rotatable bonds is 3. The molecule has 1 aliphatic rings. The number of hydrogen-bond acceptors (Lipinski definition) is 3. The Kier molecular flexibility index (Phi) is 3.30. The van der Waals surface area contributed by atoms with Crippen LogP contribution in [0.3, 0.4) is 0 Å². The van der Waals surface area contributed by atoms with Crippen LogP contribution in [0.2, 0.25) is 0 Å². The maximum absolute atomic E-state index is 9.47. The molecule has 1 aliphatic carbocycles. The van der Waals surface area contributed by atoms with E-state index in [1.54, 1.807) is 6.33 Å². The summed E-state index contributed by atoms with van der Waals surface area (Å²) in [6.45, 7) is 0.885. The Hall–Kier alpha value is -1.39. The molecule has 3 rings (SSSR count). The lowest BCUT2D eigenvalue weighted by Crippen LogP contribution is -2.34. The van der Waals surface area contributed by atoms with Crippen LogP contribution in [0.15, 0.2) is 24.5 Å². The van der Waals surface area contributed by atoms with Gasteiger partial charge in [0.15, 0.2) is 0 Å². The Labute approximate surface area is 106 Å². The van der Waals surface area contributed by atoms with Crippen molar-refractivity contribution in [3.05, 3.63) is 30.1 Å². The third-order valence-electron chi connectivity index (χ3n) is 3.78. The molecular formula is C14H19N3O. The first-order chi connectivity index (χ1) is 8.81. The van der Waals surface area contributed by atoms with E-state index in [2.05, 4.69) is 27.4 Å². The van der Waals surface area contributed by atoms with Crippen molar-refractivity contribution in [2.24, 2.45) is 0 Å². The van der Waals surface area contributed by atoms with E-state index in [1.165, 1.54) is 5.56 Å². The number of H-pyrrole nitrogens is 1. The minimum Gasteiger partial charge on any atom is -0.393 e. The number of benzene rings is 1. The lowest BCUT2D eigenvalue weighted by molar-refractivity contribution is 0.116. The van der Waals surface area contributed by atoms with E-state index < -0.39 is 0 Å². The molecule has 0 atom stereocenters. The van der Waals surface area contributed by atoms with Gasteiger partial charge < -0.3 is 15.4 Å². The average molecular weight is 245 g/mol. The quantitative estimate of drug-likeness (QED) is 0.774. The number of aromatic nitrogens is 2. The molecule has 0 saturated heterocycles. The van der Waals surface area contributed by atoms with Crippen molar-refractivity contribution in [1.82, 2.24) is 15.3 Å². The van der Waals surface area contributed by atoms with Crippen LogP contribution in [0.25, 0.3) is 11.0 Å². The Bertz CT molecular complexity index is 514. The second-order valence-electron chi connectivity index (χ2n) is 5.14. The molecule has 4 heteroatoms. The average Bonchev–Trinajstić information content (AvgIpc) is 2.85.